The van der Waals surface area contributed by atoms with Crippen molar-refractivity contribution in [2.75, 3.05) is 29.1 Å². The molecule has 1 aliphatic heterocycles. The first-order chi connectivity index (χ1) is 12.5. The fourth-order valence-corrected chi connectivity index (χ4v) is 2.91. The van der Waals surface area contributed by atoms with Crippen LogP contribution in [0.25, 0.3) is 0 Å². The molecule has 0 atom stereocenters. The van der Waals surface area contributed by atoms with E-state index < -0.39 is 10.8 Å². The van der Waals surface area contributed by atoms with Crippen LogP contribution in [0.3, 0.4) is 0 Å². The molecule has 1 fully saturated rings. The van der Waals surface area contributed by atoms with E-state index >= 15 is 0 Å². The van der Waals surface area contributed by atoms with Crippen molar-refractivity contribution >= 4 is 34.6 Å². The van der Waals surface area contributed by atoms with E-state index in [1.165, 1.54) is 18.2 Å². The number of rotatable bonds is 5. The summed E-state index contributed by atoms with van der Waals surface area (Å²) in [6, 6.07) is 11.2. The van der Waals surface area contributed by atoms with Gasteiger partial charge in [0.25, 0.3) is 11.6 Å². The van der Waals surface area contributed by atoms with Gasteiger partial charge in [0.2, 0.25) is 5.91 Å². The van der Waals surface area contributed by atoms with Crippen LogP contribution in [0.1, 0.15) is 23.2 Å². The number of anilines is 3. The highest BCUT2D eigenvalue weighted by atomic mass is 16.6. The van der Waals surface area contributed by atoms with Crippen molar-refractivity contribution in [3.63, 3.8) is 0 Å². The predicted octanol–water partition coefficient (Wildman–Crippen LogP) is 3.02. The van der Waals surface area contributed by atoms with Crippen molar-refractivity contribution < 1.29 is 14.5 Å². The molecule has 1 aliphatic rings. The van der Waals surface area contributed by atoms with Gasteiger partial charge in [-0.05, 0) is 36.8 Å². The van der Waals surface area contributed by atoms with E-state index in [2.05, 4.69) is 10.6 Å². The predicted molar refractivity (Wildman–Crippen MR) is 98.6 cm³/mol. The van der Waals surface area contributed by atoms with Crippen LogP contribution in [-0.2, 0) is 4.79 Å². The minimum absolute atomic E-state index is 0.0618. The summed E-state index contributed by atoms with van der Waals surface area (Å²) in [4.78, 5) is 36.6. The fourth-order valence-electron chi connectivity index (χ4n) is 2.91. The van der Waals surface area contributed by atoms with E-state index in [0.717, 1.165) is 12.1 Å². The molecule has 0 saturated carbocycles. The highest BCUT2D eigenvalue weighted by Gasteiger charge is 2.22. The van der Waals surface area contributed by atoms with Crippen LogP contribution in [0.5, 0.6) is 0 Å². The third-order valence-corrected chi connectivity index (χ3v) is 4.22. The van der Waals surface area contributed by atoms with Crippen molar-refractivity contribution in [3.05, 3.63) is 58.1 Å². The average Bonchev–Trinajstić information content (AvgIpc) is 3.07. The average molecular weight is 354 g/mol. The Balaban J connectivity index is 1.81. The zero-order valence-corrected chi connectivity index (χ0v) is 14.2. The normalized spacial score (nSPS) is 13.6. The topological polar surface area (TPSA) is 105 Å². The molecule has 134 valence electrons. The lowest BCUT2D eigenvalue weighted by Gasteiger charge is -2.16. The molecule has 2 aromatic rings. The van der Waals surface area contributed by atoms with Crippen LogP contribution in [0.4, 0.5) is 22.7 Å². The van der Waals surface area contributed by atoms with E-state index in [0.29, 0.717) is 24.3 Å². The molecule has 0 aromatic heterocycles. The fraction of sp³-hybridized carbons (Fsp3) is 0.222. The second kappa shape index (κ2) is 7.22. The molecule has 2 N–H and O–H groups in total. The van der Waals surface area contributed by atoms with Gasteiger partial charge >= 0.3 is 0 Å². The summed E-state index contributed by atoms with van der Waals surface area (Å²) in [6.07, 6.45) is 1.34. The molecular weight excluding hydrogens is 336 g/mol. The smallest absolute Gasteiger partial charge is 0.293 e. The third-order valence-electron chi connectivity index (χ3n) is 4.22. The Labute approximate surface area is 150 Å². The van der Waals surface area contributed by atoms with Crippen molar-refractivity contribution in [1.29, 1.82) is 0 Å². The Morgan fingerprint density at radius 1 is 1.23 bits per heavy atom. The molecule has 3 rings (SSSR count). The first-order valence-electron chi connectivity index (χ1n) is 8.17. The van der Waals surface area contributed by atoms with Gasteiger partial charge in [-0.2, -0.15) is 0 Å². The molecule has 0 spiro atoms. The molecule has 1 saturated heterocycles. The number of carbonyl (C=O) groups excluding carboxylic acids is 2. The summed E-state index contributed by atoms with van der Waals surface area (Å²) < 4.78 is 0. The number of carbonyl (C=O) groups is 2. The van der Waals surface area contributed by atoms with Gasteiger partial charge in [0.05, 0.1) is 4.92 Å². The lowest BCUT2D eigenvalue weighted by molar-refractivity contribution is -0.384. The van der Waals surface area contributed by atoms with Gasteiger partial charge in [-0.1, -0.05) is 6.07 Å². The summed E-state index contributed by atoms with van der Waals surface area (Å²) in [5.74, 6) is -0.396. The molecule has 8 heteroatoms. The Kier molecular flexibility index (Phi) is 4.83. The molecule has 0 bridgehead atoms. The highest BCUT2D eigenvalue weighted by Crippen LogP contribution is 2.27. The van der Waals surface area contributed by atoms with E-state index in [9.17, 15) is 19.7 Å². The molecule has 0 radical (unpaired) electrons. The lowest BCUT2D eigenvalue weighted by Crippen LogP contribution is -2.23. The van der Waals surface area contributed by atoms with Gasteiger partial charge < -0.3 is 15.5 Å². The number of nitrogens with zero attached hydrogens (tertiary/aromatic N) is 2. The molecule has 1 heterocycles. The summed E-state index contributed by atoms with van der Waals surface area (Å²) in [5.41, 5.74) is 1.59. The minimum Gasteiger partial charge on any atom is -0.383 e. The summed E-state index contributed by atoms with van der Waals surface area (Å²) >= 11 is 0. The minimum atomic E-state index is -0.539. The molecule has 0 aliphatic carbocycles. The molecule has 26 heavy (non-hydrogen) atoms. The maximum Gasteiger partial charge on any atom is 0.293 e. The summed E-state index contributed by atoms with van der Waals surface area (Å²) in [7, 11) is 1.58. The number of benzene rings is 2. The monoisotopic (exact) mass is 354 g/mol. The Hall–Kier alpha value is -3.42. The van der Waals surface area contributed by atoms with E-state index in [4.69, 9.17) is 0 Å². The zero-order chi connectivity index (χ0) is 18.7. The van der Waals surface area contributed by atoms with Gasteiger partial charge in [-0.3, -0.25) is 19.7 Å². The number of nitro benzene ring substituents is 1. The van der Waals surface area contributed by atoms with E-state index in [1.54, 1.807) is 30.1 Å². The molecule has 2 amide bonds. The van der Waals surface area contributed by atoms with Gasteiger partial charge in [-0.15, -0.1) is 0 Å². The van der Waals surface area contributed by atoms with Crippen molar-refractivity contribution in [2.24, 2.45) is 0 Å². The van der Waals surface area contributed by atoms with Gasteiger partial charge in [0.15, 0.2) is 0 Å². The van der Waals surface area contributed by atoms with Crippen LogP contribution in [0, 0.1) is 10.1 Å². The van der Waals surface area contributed by atoms with Crippen LogP contribution in [0.15, 0.2) is 42.5 Å². The third kappa shape index (κ3) is 3.49. The second-order valence-corrected chi connectivity index (χ2v) is 5.89. The Morgan fingerprint density at radius 3 is 2.69 bits per heavy atom. The van der Waals surface area contributed by atoms with Crippen LogP contribution >= 0.6 is 0 Å². The zero-order valence-electron chi connectivity index (χ0n) is 14.2. The lowest BCUT2D eigenvalue weighted by atomic mass is 10.1. The number of amides is 2. The van der Waals surface area contributed by atoms with E-state index in [1.807, 2.05) is 6.07 Å². The van der Waals surface area contributed by atoms with Gasteiger partial charge in [0.1, 0.15) is 5.69 Å². The van der Waals surface area contributed by atoms with Crippen LogP contribution in [-0.4, -0.2) is 30.3 Å². The molecule has 2 aromatic carbocycles. The number of hydrogen-bond donors (Lipinski definition) is 2. The van der Waals surface area contributed by atoms with Crippen LogP contribution in [0.2, 0.25) is 0 Å². The second-order valence-electron chi connectivity index (χ2n) is 5.89. The van der Waals surface area contributed by atoms with E-state index in [-0.39, 0.29) is 17.2 Å². The maximum absolute atomic E-state index is 12.5. The number of hydrogen-bond acceptors (Lipinski definition) is 5. The first kappa shape index (κ1) is 17.4. The van der Waals surface area contributed by atoms with Gasteiger partial charge in [0, 0.05) is 43.0 Å². The van der Waals surface area contributed by atoms with Crippen molar-refractivity contribution in [2.45, 2.75) is 12.8 Å². The maximum atomic E-state index is 12.5. The highest BCUT2D eigenvalue weighted by molar-refractivity contribution is 6.05. The number of nitrogens with one attached hydrogen (secondary N) is 2. The first-order valence-corrected chi connectivity index (χ1v) is 8.17. The van der Waals surface area contributed by atoms with Crippen LogP contribution < -0.4 is 15.5 Å². The van der Waals surface area contributed by atoms with Crippen molar-refractivity contribution in [3.8, 4) is 0 Å². The summed E-state index contributed by atoms with van der Waals surface area (Å²) in [6.45, 7) is 0.661. The molecular formula is C18H18N4O4. The van der Waals surface area contributed by atoms with Crippen molar-refractivity contribution in [1.82, 2.24) is 0 Å². The molecule has 8 nitrogen and oxygen atoms in total. The Morgan fingerprint density at radius 2 is 2.04 bits per heavy atom. The SMILES string of the molecule is CNc1ccc(C(=O)Nc2cccc(N3CCCC3=O)c2)cc1[N+](=O)[O-]. The summed E-state index contributed by atoms with van der Waals surface area (Å²) in [5, 5.41) is 16.6. The van der Waals surface area contributed by atoms with Gasteiger partial charge in [-0.25, -0.2) is 0 Å². The standard InChI is InChI=1S/C18H18N4O4/c1-19-15-8-7-12(10-16(15)22(25)26)18(24)20-13-4-2-5-14(11-13)21-9-3-6-17(21)23/h2,4-5,7-8,10-11,19H,3,6,9H2,1H3,(H,20,24). The quantitative estimate of drug-likeness (QED) is 0.634. The molecule has 0 unspecified atom stereocenters. The largest absolute Gasteiger partial charge is 0.383 e. The Bertz CT molecular complexity index is 881. The number of nitro groups is 1.